The van der Waals surface area contributed by atoms with Crippen LogP contribution in [-0.2, 0) is 31.8 Å². The average Bonchev–Trinajstić information content (AvgIpc) is 3.44. The van der Waals surface area contributed by atoms with Gasteiger partial charge < -0.3 is 30.5 Å². The largest absolute Gasteiger partial charge is 0.417 e. The number of hydrogen-bond donors (Lipinski definition) is 4. The number of nitriles is 1. The van der Waals surface area contributed by atoms with Gasteiger partial charge in [0.2, 0.25) is 11.0 Å². The highest BCUT2D eigenvalue weighted by atomic mass is 32.1. The van der Waals surface area contributed by atoms with Crippen LogP contribution in [0.5, 0.6) is 0 Å². The summed E-state index contributed by atoms with van der Waals surface area (Å²) >= 11 is -0.00967. The van der Waals surface area contributed by atoms with Crippen molar-refractivity contribution in [1.29, 1.82) is 5.26 Å². The SMILES string of the molecule is CC1(C)C(=O)N(c2ccc(C#N)c(C(F)(F)F)c2)C(=S=O)N1c1ccc(-c2ccc(NCCOCCNc3ccccc3C(=O)NCCN3CCC(=O)NC3=O)cc2)cc1. The molecule has 0 aliphatic carbocycles. The number of urea groups is 1. The number of hydrogen-bond acceptors (Lipinski definition) is 9. The second kappa shape index (κ2) is 18.5. The van der Waals surface area contributed by atoms with Crippen LogP contribution in [0.2, 0.25) is 0 Å². The molecule has 2 heterocycles. The van der Waals surface area contributed by atoms with E-state index in [-0.39, 0.29) is 53.4 Å². The molecule has 6 rings (SSSR count). The second-order valence-electron chi connectivity index (χ2n) is 14.2. The summed E-state index contributed by atoms with van der Waals surface area (Å²) in [7, 11) is 0. The third-order valence-corrected chi connectivity index (χ3v) is 10.4. The fourth-order valence-corrected chi connectivity index (χ4v) is 7.46. The summed E-state index contributed by atoms with van der Waals surface area (Å²) in [5, 5.41) is 20.7. The van der Waals surface area contributed by atoms with E-state index in [2.05, 4.69) is 21.3 Å². The van der Waals surface area contributed by atoms with Gasteiger partial charge in [-0.05, 0) is 79.6 Å². The Kier molecular flexibility index (Phi) is 13.2. The van der Waals surface area contributed by atoms with E-state index in [1.54, 1.807) is 44.2 Å². The van der Waals surface area contributed by atoms with Gasteiger partial charge in [-0.1, -0.05) is 36.4 Å². The summed E-state index contributed by atoms with van der Waals surface area (Å²) in [5.41, 5.74) is 0.921. The monoisotopic (exact) mass is 842 g/mol. The van der Waals surface area contributed by atoms with Crippen molar-refractivity contribution in [3.8, 4) is 17.2 Å². The highest BCUT2D eigenvalue weighted by Crippen LogP contribution is 2.40. The molecule has 0 saturated carbocycles. The van der Waals surface area contributed by atoms with Crippen molar-refractivity contribution in [3.63, 3.8) is 0 Å². The maximum Gasteiger partial charge on any atom is 0.417 e. The molecule has 0 atom stereocenters. The van der Waals surface area contributed by atoms with Gasteiger partial charge in [-0.15, -0.1) is 0 Å². The first-order valence-electron chi connectivity index (χ1n) is 18.9. The van der Waals surface area contributed by atoms with Crippen LogP contribution in [0.15, 0.2) is 91.0 Å². The lowest BCUT2D eigenvalue weighted by Gasteiger charge is -2.29. The number of ether oxygens (including phenoxy) is 1. The third kappa shape index (κ3) is 9.59. The normalized spacial score (nSPS) is 15.1. The van der Waals surface area contributed by atoms with Gasteiger partial charge in [0, 0.05) is 56.2 Å². The Bertz CT molecular complexity index is 2360. The van der Waals surface area contributed by atoms with Crippen LogP contribution in [0, 0.1) is 11.3 Å². The van der Waals surface area contributed by atoms with Crippen LogP contribution in [0.25, 0.3) is 11.1 Å². The molecule has 2 aliphatic rings. The molecule has 0 bridgehead atoms. The van der Waals surface area contributed by atoms with Crippen molar-refractivity contribution in [3.05, 3.63) is 108 Å². The minimum absolute atomic E-state index is 0.00967. The molecule has 14 nitrogen and oxygen atoms in total. The van der Waals surface area contributed by atoms with E-state index >= 15 is 0 Å². The molecule has 4 aromatic carbocycles. The summed E-state index contributed by atoms with van der Waals surface area (Å²) in [4.78, 5) is 53.7. The Morgan fingerprint density at radius 1 is 0.900 bits per heavy atom. The van der Waals surface area contributed by atoms with Crippen molar-refractivity contribution in [2.45, 2.75) is 32.0 Å². The molecule has 5 amide bonds. The highest BCUT2D eigenvalue weighted by molar-refractivity contribution is 7.67. The minimum Gasteiger partial charge on any atom is -0.383 e. The number of nitrogens with zero attached hydrogens (tertiary/aromatic N) is 4. The van der Waals surface area contributed by atoms with Crippen molar-refractivity contribution in [2.24, 2.45) is 0 Å². The van der Waals surface area contributed by atoms with Gasteiger partial charge in [-0.25, -0.2) is 9.00 Å². The van der Waals surface area contributed by atoms with Crippen LogP contribution < -0.4 is 31.1 Å². The number of carbonyl (C=O) groups excluding carboxylic acids is 4. The zero-order valence-corrected chi connectivity index (χ0v) is 33.4. The maximum atomic E-state index is 13.7. The van der Waals surface area contributed by atoms with Crippen molar-refractivity contribution < 1.29 is 41.3 Å². The van der Waals surface area contributed by atoms with Crippen LogP contribution in [0.4, 0.5) is 40.7 Å². The summed E-state index contributed by atoms with van der Waals surface area (Å²) in [5.74, 6) is -1.20. The van der Waals surface area contributed by atoms with E-state index in [0.29, 0.717) is 55.9 Å². The molecule has 312 valence electrons. The van der Waals surface area contributed by atoms with Gasteiger partial charge in [0.25, 0.3) is 11.8 Å². The number of benzene rings is 4. The molecule has 0 aromatic heterocycles. The fraction of sp³-hybridized carbons (Fsp3) is 0.286. The van der Waals surface area contributed by atoms with Gasteiger partial charge in [0.15, 0.2) is 0 Å². The summed E-state index contributed by atoms with van der Waals surface area (Å²) in [6.45, 7) is 5.79. The number of carbonyl (C=O) groups is 4. The first kappa shape index (κ1) is 42.9. The lowest BCUT2D eigenvalue weighted by atomic mass is 10.0. The molecule has 18 heteroatoms. The summed E-state index contributed by atoms with van der Waals surface area (Å²) in [6, 6.07) is 25.9. The second-order valence-corrected chi connectivity index (χ2v) is 14.8. The average molecular weight is 843 g/mol. The predicted molar refractivity (Wildman–Crippen MR) is 222 cm³/mol. The molecule has 4 aromatic rings. The zero-order chi connectivity index (χ0) is 43.0. The fourth-order valence-electron chi connectivity index (χ4n) is 6.79. The van der Waals surface area contributed by atoms with Gasteiger partial charge in [0.1, 0.15) is 16.8 Å². The first-order valence-corrected chi connectivity index (χ1v) is 19.6. The number of nitrogens with one attached hydrogen (secondary N) is 4. The Balaban J connectivity index is 0.968. The standard InChI is InChI=1S/C42H41F3N8O6S/c1-41(2)38(56)52(32-16-11-29(26-46)34(25-32)42(43,44)45)40(60-58)53(41)31-14-9-28(10-15-31)27-7-12-30(13-8-27)47-19-23-59-24-20-48-35-6-4-3-5-33(35)37(55)49-18-22-51-21-17-36(54)50-39(51)57/h3-16,25,47-48H,17-24H2,1-2H3,(H,49,55)(H,50,54,57). The van der Waals surface area contributed by atoms with Crippen LogP contribution >= 0.6 is 0 Å². The van der Waals surface area contributed by atoms with Gasteiger partial charge in [0.05, 0.1) is 41.7 Å². The molecular formula is C42H41F3N8O6S. The molecule has 2 fully saturated rings. The molecule has 0 spiro atoms. The maximum absolute atomic E-state index is 13.7. The minimum atomic E-state index is -4.84. The van der Waals surface area contributed by atoms with E-state index in [1.807, 2.05) is 42.5 Å². The van der Waals surface area contributed by atoms with Crippen LogP contribution in [0.3, 0.4) is 0 Å². The van der Waals surface area contributed by atoms with Crippen molar-refractivity contribution in [1.82, 2.24) is 15.5 Å². The molecule has 0 unspecified atom stereocenters. The smallest absolute Gasteiger partial charge is 0.383 e. The number of imide groups is 1. The van der Waals surface area contributed by atoms with Crippen molar-refractivity contribution in [2.75, 3.05) is 66.4 Å². The van der Waals surface area contributed by atoms with E-state index < -0.39 is 34.8 Å². The summed E-state index contributed by atoms with van der Waals surface area (Å²) < 4.78 is 59.5. The molecule has 2 saturated heterocycles. The zero-order valence-electron chi connectivity index (χ0n) is 32.6. The van der Waals surface area contributed by atoms with Gasteiger partial charge in [-0.2, -0.15) is 18.4 Å². The predicted octanol–water partition coefficient (Wildman–Crippen LogP) is 5.39. The lowest BCUT2D eigenvalue weighted by molar-refractivity contribution is -0.137. The number of anilines is 4. The quantitative estimate of drug-likeness (QED) is 0.0898. The number of halogens is 3. The Hall–Kier alpha value is -6.71. The van der Waals surface area contributed by atoms with Gasteiger partial charge >= 0.3 is 12.2 Å². The van der Waals surface area contributed by atoms with E-state index in [9.17, 15) is 41.8 Å². The Morgan fingerprint density at radius 3 is 2.20 bits per heavy atom. The van der Waals surface area contributed by atoms with Gasteiger partial charge in [-0.3, -0.25) is 24.6 Å². The molecule has 0 radical (unpaired) electrons. The Morgan fingerprint density at radius 2 is 1.55 bits per heavy atom. The number of amides is 5. The molecule has 2 aliphatic heterocycles. The van der Waals surface area contributed by atoms with Crippen LogP contribution in [-0.4, -0.2) is 89.5 Å². The van der Waals surface area contributed by atoms with E-state index in [4.69, 9.17) is 4.74 Å². The van der Waals surface area contributed by atoms with E-state index in [1.165, 1.54) is 21.9 Å². The summed E-state index contributed by atoms with van der Waals surface area (Å²) in [6.07, 6.45) is -4.62. The number of alkyl halides is 3. The van der Waals surface area contributed by atoms with E-state index in [0.717, 1.165) is 27.8 Å². The van der Waals surface area contributed by atoms with Crippen molar-refractivity contribution >= 4 is 62.9 Å². The lowest BCUT2D eigenvalue weighted by Crippen LogP contribution is -2.51. The molecule has 60 heavy (non-hydrogen) atoms. The molecule has 4 N–H and O–H groups in total. The van der Waals surface area contributed by atoms with Crippen LogP contribution in [0.1, 0.15) is 41.8 Å². The third-order valence-electron chi connectivity index (χ3n) is 9.89. The molecular weight excluding hydrogens is 802 g/mol. The number of para-hydroxylation sites is 1. The first-order chi connectivity index (χ1) is 28.7. The Labute approximate surface area is 347 Å². The topological polar surface area (TPSA) is 176 Å². The number of rotatable bonds is 15. The highest BCUT2D eigenvalue weighted by Gasteiger charge is 2.51.